The number of nitrogens with zero attached hydrogens (tertiary/aromatic N) is 1. The van der Waals surface area contributed by atoms with Gasteiger partial charge in [-0.15, -0.1) is 6.42 Å². The second kappa shape index (κ2) is 4.35. The number of hydrogen-bond acceptors (Lipinski definition) is 1. The van der Waals surface area contributed by atoms with Crippen LogP contribution in [0.15, 0.2) is 54.6 Å². The second-order valence-corrected chi connectivity index (χ2v) is 4.02. The molecule has 2 aromatic carbocycles. The quantitative estimate of drug-likeness (QED) is 0.579. The van der Waals surface area contributed by atoms with Crippen LogP contribution in [-0.2, 0) is 0 Å². The molecule has 0 aliphatic rings. The molecule has 0 aliphatic heterocycles. The highest BCUT2D eigenvalue weighted by atomic mass is 14.7. The maximum Gasteiger partial charge on any atom is 0.0715 e. The molecule has 1 heteroatoms. The molecule has 1 heterocycles. The average Bonchev–Trinajstić information content (AvgIpc) is 2.47. The van der Waals surface area contributed by atoms with Crippen LogP contribution in [-0.4, -0.2) is 4.98 Å². The maximum atomic E-state index is 5.34. The number of benzene rings is 2. The molecule has 0 saturated heterocycles. The van der Waals surface area contributed by atoms with E-state index < -0.39 is 0 Å². The van der Waals surface area contributed by atoms with Gasteiger partial charge in [-0.05, 0) is 30.3 Å². The van der Waals surface area contributed by atoms with Gasteiger partial charge in [0, 0.05) is 16.5 Å². The molecule has 0 fully saturated rings. The zero-order valence-corrected chi connectivity index (χ0v) is 9.72. The summed E-state index contributed by atoms with van der Waals surface area (Å²) in [5.74, 6) is 2.61. The van der Waals surface area contributed by atoms with Gasteiger partial charge in [-0.25, -0.2) is 4.98 Å². The van der Waals surface area contributed by atoms with Crippen LogP contribution >= 0.6 is 0 Å². The Hall–Kier alpha value is -2.59. The first kappa shape index (κ1) is 10.6. The summed E-state index contributed by atoms with van der Waals surface area (Å²) >= 11 is 0. The first-order chi connectivity index (χ1) is 8.86. The van der Waals surface area contributed by atoms with Gasteiger partial charge in [-0.1, -0.05) is 36.3 Å². The molecular formula is C17H10N. The predicted octanol–water partition coefficient (Wildman–Crippen LogP) is 3.68. The Kier molecular flexibility index (Phi) is 2.55. The van der Waals surface area contributed by atoms with Gasteiger partial charge in [0.15, 0.2) is 0 Å². The van der Waals surface area contributed by atoms with E-state index in [4.69, 9.17) is 6.42 Å². The summed E-state index contributed by atoms with van der Waals surface area (Å²) in [6.45, 7) is 0. The maximum absolute atomic E-state index is 5.34. The molecule has 0 saturated carbocycles. The van der Waals surface area contributed by atoms with Crippen molar-refractivity contribution in [3.63, 3.8) is 0 Å². The van der Waals surface area contributed by atoms with Crippen molar-refractivity contribution in [2.45, 2.75) is 0 Å². The van der Waals surface area contributed by atoms with E-state index in [-0.39, 0.29) is 0 Å². The summed E-state index contributed by atoms with van der Waals surface area (Å²) in [5.41, 5.74) is 3.80. The van der Waals surface area contributed by atoms with Crippen molar-refractivity contribution in [2.24, 2.45) is 0 Å². The average molecular weight is 228 g/mol. The Morgan fingerprint density at radius 2 is 1.78 bits per heavy atom. The number of aromatic nitrogens is 1. The number of terminal acetylenes is 1. The standard InChI is InChI=1S/C17H10N/c1-2-13-7-9-15(10-8-13)17-12-11-14-5-3-4-6-16(14)18-17/h1,3-10,12H. The molecule has 0 atom stereocenters. The fraction of sp³-hybridized carbons (Fsp3) is 0. The first-order valence-corrected chi connectivity index (χ1v) is 5.71. The van der Waals surface area contributed by atoms with Crippen molar-refractivity contribution in [2.75, 3.05) is 0 Å². The zero-order valence-electron chi connectivity index (χ0n) is 9.72. The summed E-state index contributed by atoms with van der Waals surface area (Å²) in [5, 5.41) is 1.03. The van der Waals surface area contributed by atoms with Crippen molar-refractivity contribution in [3.05, 3.63) is 66.2 Å². The fourth-order valence-electron chi connectivity index (χ4n) is 1.89. The Bertz CT molecular complexity index is 733. The van der Waals surface area contributed by atoms with Crippen LogP contribution in [0.1, 0.15) is 5.56 Å². The molecule has 18 heavy (non-hydrogen) atoms. The molecule has 0 bridgehead atoms. The number of hydrogen-bond donors (Lipinski definition) is 0. The van der Waals surface area contributed by atoms with Gasteiger partial charge in [-0.2, -0.15) is 0 Å². The number of fused-ring (bicyclic) bond motifs is 1. The van der Waals surface area contributed by atoms with Crippen LogP contribution < -0.4 is 0 Å². The SMILES string of the molecule is C#Cc1ccc(-c2c[c]c3ccccc3n2)cc1. The van der Waals surface area contributed by atoms with Crippen molar-refractivity contribution in [1.29, 1.82) is 0 Å². The Balaban J connectivity index is 2.10. The number of pyridine rings is 1. The van der Waals surface area contributed by atoms with E-state index in [0.29, 0.717) is 0 Å². The summed E-state index contributed by atoms with van der Waals surface area (Å²) in [7, 11) is 0. The molecule has 0 unspecified atom stereocenters. The molecule has 3 aromatic rings. The van der Waals surface area contributed by atoms with Crippen LogP contribution in [0.25, 0.3) is 22.2 Å². The summed E-state index contributed by atoms with van der Waals surface area (Å²) < 4.78 is 0. The topological polar surface area (TPSA) is 12.9 Å². The third-order valence-electron chi connectivity index (χ3n) is 2.86. The van der Waals surface area contributed by atoms with Crippen LogP contribution in [0.3, 0.4) is 0 Å². The molecule has 1 nitrogen and oxygen atoms in total. The third-order valence-corrected chi connectivity index (χ3v) is 2.86. The van der Waals surface area contributed by atoms with E-state index in [2.05, 4.69) is 17.0 Å². The number of para-hydroxylation sites is 1. The van der Waals surface area contributed by atoms with Crippen LogP contribution in [0.5, 0.6) is 0 Å². The minimum Gasteiger partial charge on any atom is -0.248 e. The Labute approximate surface area is 106 Å². The second-order valence-electron chi connectivity index (χ2n) is 4.02. The van der Waals surface area contributed by atoms with E-state index in [1.165, 1.54) is 0 Å². The first-order valence-electron chi connectivity index (χ1n) is 5.71. The fourth-order valence-corrected chi connectivity index (χ4v) is 1.89. The minimum absolute atomic E-state index is 0.878. The van der Waals surface area contributed by atoms with E-state index in [1.54, 1.807) is 0 Å². The van der Waals surface area contributed by atoms with Gasteiger partial charge in [0.05, 0.1) is 11.2 Å². The highest BCUT2D eigenvalue weighted by Crippen LogP contribution is 2.20. The summed E-state index contributed by atoms with van der Waals surface area (Å²) in [6, 6.07) is 20.9. The summed E-state index contributed by atoms with van der Waals surface area (Å²) in [4.78, 5) is 4.62. The van der Waals surface area contributed by atoms with Gasteiger partial charge in [0.1, 0.15) is 0 Å². The highest BCUT2D eigenvalue weighted by molar-refractivity contribution is 5.80. The van der Waals surface area contributed by atoms with Crippen LogP contribution in [0, 0.1) is 18.4 Å². The van der Waals surface area contributed by atoms with Gasteiger partial charge in [-0.3, -0.25) is 0 Å². The van der Waals surface area contributed by atoms with Gasteiger partial charge in [0.25, 0.3) is 0 Å². The van der Waals surface area contributed by atoms with E-state index >= 15 is 0 Å². The molecule has 1 aromatic heterocycles. The number of rotatable bonds is 1. The third kappa shape index (κ3) is 1.85. The highest BCUT2D eigenvalue weighted by Gasteiger charge is 2.01. The molecule has 0 aliphatic carbocycles. The van der Waals surface area contributed by atoms with Gasteiger partial charge < -0.3 is 0 Å². The lowest BCUT2D eigenvalue weighted by Gasteiger charge is -2.03. The van der Waals surface area contributed by atoms with Crippen molar-refractivity contribution >= 4 is 10.9 Å². The van der Waals surface area contributed by atoms with E-state index in [9.17, 15) is 0 Å². The lowest BCUT2D eigenvalue weighted by Crippen LogP contribution is -1.85. The summed E-state index contributed by atoms with van der Waals surface area (Å²) in [6.07, 6.45) is 5.34. The molecule has 0 amide bonds. The zero-order chi connectivity index (χ0) is 12.4. The monoisotopic (exact) mass is 228 g/mol. The van der Waals surface area contributed by atoms with Gasteiger partial charge >= 0.3 is 0 Å². The molecule has 3 rings (SSSR count). The van der Waals surface area contributed by atoms with Gasteiger partial charge in [0.2, 0.25) is 0 Å². The normalized spacial score (nSPS) is 10.2. The van der Waals surface area contributed by atoms with Crippen molar-refractivity contribution in [1.82, 2.24) is 4.98 Å². The minimum atomic E-state index is 0.878. The van der Waals surface area contributed by atoms with E-state index in [0.717, 1.165) is 27.7 Å². The van der Waals surface area contributed by atoms with Crippen LogP contribution in [0.2, 0.25) is 0 Å². The molecule has 83 valence electrons. The molecular weight excluding hydrogens is 218 g/mol. The smallest absolute Gasteiger partial charge is 0.0715 e. The van der Waals surface area contributed by atoms with E-state index in [1.807, 2.05) is 54.6 Å². The molecule has 0 spiro atoms. The van der Waals surface area contributed by atoms with Crippen molar-refractivity contribution in [3.8, 4) is 23.6 Å². The Morgan fingerprint density at radius 3 is 2.56 bits per heavy atom. The lowest BCUT2D eigenvalue weighted by molar-refractivity contribution is 1.39. The largest absolute Gasteiger partial charge is 0.248 e. The lowest BCUT2D eigenvalue weighted by atomic mass is 10.1. The molecule has 0 N–H and O–H groups in total. The predicted molar refractivity (Wildman–Crippen MR) is 74.0 cm³/mol. The Morgan fingerprint density at radius 1 is 1.00 bits per heavy atom. The van der Waals surface area contributed by atoms with Crippen molar-refractivity contribution < 1.29 is 0 Å². The molecule has 1 radical (unpaired) electrons. The van der Waals surface area contributed by atoms with Crippen LogP contribution in [0.4, 0.5) is 0 Å².